The van der Waals surface area contributed by atoms with Crippen molar-refractivity contribution in [2.45, 2.75) is 43.3 Å². The Morgan fingerprint density at radius 2 is 2.15 bits per heavy atom. The maximum absolute atomic E-state index is 12.4. The molecule has 0 bridgehead atoms. The number of carbonyl (C=O) groups is 2. The number of benzene rings is 1. The number of hydrogen-bond donors (Lipinski definition) is 1. The second-order valence-corrected chi connectivity index (χ2v) is 7.25. The Balaban J connectivity index is 1.78. The molecule has 1 fully saturated rings. The van der Waals surface area contributed by atoms with Gasteiger partial charge >= 0.3 is 0 Å². The van der Waals surface area contributed by atoms with Crippen LogP contribution in [0.3, 0.4) is 0 Å². The summed E-state index contributed by atoms with van der Waals surface area (Å²) >= 11 is 1.56. The van der Waals surface area contributed by atoms with Crippen molar-refractivity contribution in [1.29, 1.82) is 0 Å². The van der Waals surface area contributed by atoms with E-state index in [1.807, 2.05) is 30.5 Å². The lowest BCUT2D eigenvalue weighted by molar-refractivity contribution is -0.146. The largest absolute Gasteiger partial charge is 0.376 e. The molecule has 26 heavy (non-hydrogen) atoms. The molecule has 1 aliphatic heterocycles. The molecule has 6 nitrogen and oxygen atoms in total. The van der Waals surface area contributed by atoms with Gasteiger partial charge in [-0.3, -0.25) is 9.59 Å². The first-order valence-corrected chi connectivity index (χ1v) is 10.1. The van der Waals surface area contributed by atoms with Crippen molar-refractivity contribution < 1.29 is 19.1 Å². The monoisotopic (exact) mass is 380 g/mol. The number of likely N-dealkylation sites (N-methyl/N-ethyl adjacent to an activating group) is 1. The molecule has 0 spiro atoms. The lowest BCUT2D eigenvalue weighted by atomic mass is 10.1. The van der Waals surface area contributed by atoms with Gasteiger partial charge in [-0.1, -0.05) is 12.1 Å². The normalized spacial score (nSPS) is 18.2. The van der Waals surface area contributed by atoms with Crippen LogP contribution in [0, 0.1) is 0 Å². The summed E-state index contributed by atoms with van der Waals surface area (Å²) in [4.78, 5) is 27.0. The quantitative estimate of drug-likeness (QED) is 0.703. The summed E-state index contributed by atoms with van der Waals surface area (Å²) in [6.45, 7) is 2.86. The van der Waals surface area contributed by atoms with Crippen LogP contribution < -0.4 is 5.32 Å². The van der Waals surface area contributed by atoms with E-state index in [9.17, 15) is 9.59 Å². The van der Waals surface area contributed by atoms with Gasteiger partial charge in [0, 0.05) is 18.6 Å². The SMILES string of the molecule is CSc1ccccc1NC(=O)CN(C)C(=O)C(C)OCC1CCCCO1. The summed E-state index contributed by atoms with van der Waals surface area (Å²) in [5.74, 6) is -0.445. The minimum Gasteiger partial charge on any atom is -0.376 e. The van der Waals surface area contributed by atoms with E-state index in [1.54, 1.807) is 25.7 Å². The minimum absolute atomic E-state index is 0.0187. The molecule has 2 amide bonds. The molecular formula is C19H28N2O4S. The molecule has 1 N–H and O–H groups in total. The number of anilines is 1. The highest BCUT2D eigenvalue weighted by atomic mass is 32.2. The van der Waals surface area contributed by atoms with E-state index in [1.165, 1.54) is 4.90 Å². The van der Waals surface area contributed by atoms with E-state index in [0.29, 0.717) is 6.61 Å². The van der Waals surface area contributed by atoms with E-state index < -0.39 is 6.10 Å². The fourth-order valence-electron chi connectivity index (χ4n) is 2.80. The predicted molar refractivity (Wildman–Crippen MR) is 103 cm³/mol. The Morgan fingerprint density at radius 1 is 1.38 bits per heavy atom. The maximum Gasteiger partial charge on any atom is 0.251 e. The van der Waals surface area contributed by atoms with Crippen molar-refractivity contribution in [1.82, 2.24) is 4.90 Å². The third-order valence-corrected chi connectivity index (χ3v) is 5.09. The van der Waals surface area contributed by atoms with E-state index in [4.69, 9.17) is 9.47 Å². The summed E-state index contributed by atoms with van der Waals surface area (Å²) in [5, 5.41) is 2.86. The number of nitrogens with zero attached hydrogens (tertiary/aromatic N) is 1. The molecule has 7 heteroatoms. The Kier molecular flexibility index (Phi) is 8.41. The molecule has 2 rings (SSSR count). The summed E-state index contributed by atoms with van der Waals surface area (Å²) in [7, 11) is 1.61. The molecule has 0 aliphatic carbocycles. The van der Waals surface area contributed by atoms with Crippen molar-refractivity contribution in [3.63, 3.8) is 0 Å². The first kappa shape index (κ1) is 20.7. The first-order chi connectivity index (χ1) is 12.5. The van der Waals surface area contributed by atoms with E-state index >= 15 is 0 Å². The highest BCUT2D eigenvalue weighted by molar-refractivity contribution is 7.98. The van der Waals surface area contributed by atoms with Crippen molar-refractivity contribution in [3.05, 3.63) is 24.3 Å². The summed E-state index contributed by atoms with van der Waals surface area (Å²) < 4.78 is 11.3. The van der Waals surface area contributed by atoms with Crippen LogP contribution in [0.4, 0.5) is 5.69 Å². The molecule has 1 heterocycles. The Hall–Kier alpha value is -1.57. The van der Waals surface area contributed by atoms with Gasteiger partial charge in [0.25, 0.3) is 5.91 Å². The first-order valence-electron chi connectivity index (χ1n) is 8.92. The van der Waals surface area contributed by atoms with Crippen LogP contribution in [0.1, 0.15) is 26.2 Å². The second-order valence-electron chi connectivity index (χ2n) is 6.41. The molecule has 1 aliphatic rings. The summed E-state index contributed by atoms with van der Waals surface area (Å²) in [6.07, 6.45) is 4.60. The average Bonchev–Trinajstić information content (AvgIpc) is 2.66. The molecule has 2 unspecified atom stereocenters. The van der Waals surface area contributed by atoms with Gasteiger partial charge in [-0.05, 0) is 44.6 Å². The average molecular weight is 381 g/mol. The third kappa shape index (κ3) is 6.30. The lowest BCUT2D eigenvalue weighted by Crippen LogP contribution is -2.41. The Labute approximate surface area is 159 Å². The molecule has 144 valence electrons. The molecule has 1 saturated heterocycles. The lowest BCUT2D eigenvalue weighted by Gasteiger charge is -2.25. The molecule has 0 aromatic heterocycles. The van der Waals surface area contributed by atoms with Crippen LogP contribution in [0.2, 0.25) is 0 Å². The Morgan fingerprint density at radius 3 is 2.85 bits per heavy atom. The number of hydrogen-bond acceptors (Lipinski definition) is 5. The number of amides is 2. The van der Waals surface area contributed by atoms with Gasteiger partial charge < -0.3 is 19.7 Å². The topological polar surface area (TPSA) is 67.9 Å². The maximum atomic E-state index is 12.4. The smallest absolute Gasteiger partial charge is 0.251 e. The van der Waals surface area contributed by atoms with Gasteiger partial charge in [0.2, 0.25) is 5.91 Å². The van der Waals surface area contributed by atoms with E-state index in [-0.39, 0.29) is 24.5 Å². The number of nitrogens with one attached hydrogen (secondary N) is 1. The zero-order valence-corrected chi connectivity index (χ0v) is 16.5. The zero-order chi connectivity index (χ0) is 18.9. The predicted octanol–water partition coefficient (Wildman–Crippen LogP) is 2.78. The minimum atomic E-state index is -0.600. The number of rotatable bonds is 8. The van der Waals surface area contributed by atoms with Crippen LogP contribution in [-0.4, -0.2) is 62.0 Å². The van der Waals surface area contributed by atoms with Gasteiger partial charge in [0.15, 0.2) is 0 Å². The fourth-order valence-corrected chi connectivity index (χ4v) is 3.36. The van der Waals surface area contributed by atoms with Crippen LogP contribution in [0.5, 0.6) is 0 Å². The molecule has 0 radical (unpaired) electrons. The van der Waals surface area contributed by atoms with Crippen molar-refractivity contribution in [2.24, 2.45) is 0 Å². The van der Waals surface area contributed by atoms with Crippen molar-refractivity contribution in [3.8, 4) is 0 Å². The Bertz CT molecular complexity index is 605. The highest BCUT2D eigenvalue weighted by Crippen LogP contribution is 2.24. The fraction of sp³-hybridized carbons (Fsp3) is 0.579. The molecule has 0 saturated carbocycles. The summed E-state index contributed by atoms with van der Waals surface area (Å²) in [6, 6.07) is 7.58. The zero-order valence-electron chi connectivity index (χ0n) is 15.7. The number of para-hydroxylation sites is 1. The van der Waals surface area contributed by atoms with Gasteiger partial charge in [-0.2, -0.15) is 0 Å². The molecule has 1 aromatic rings. The van der Waals surface area contributed by atoms with Gasteiger partial charge in [0.1, 0.15) is 6.10 Å². The van der Waals surface area contributed by atoms with Crippen LogP contribution >= 0.6 is 11.8 Å². The van der Waals surface area contributed by atoms with Gasteiger partial charge in [-0.15, -0.1) is 11.8 Å². The molecule has 1 aromatic carbocycles. The van der Waals surface area contributed by atoms with Gasteiger partial charge in [-0.25, -0.2) is 0 Å². The number of ether oxygens (including phenoxy) is 2. The standard InChI is InChI=1S/C19H28N2O4S/c1-14(25-13-15-8-6-7-11-24-15)19(23)21(2)12-18(22)20-16-9-4-5-10-17(16)26-3/h4-5,9-10,14-15H,6-8,11-13H2,1-3H3,(H,20,22). The van der Waals surface area contributed by atoms with E-state index in [2.05, 4.69) is 5.32 Å². The molecule has 2 atom stereocenters. The van der Waals surface area contributed by atoms with Crippen LogP contribution in [0.25, 0.3) is 0 Å². The van der Waals surface area contributed by atoms with Crippen LogP contribution in [-0.2, 0) is 19.1 Å². The van der Waals surface area contributed by atoms with Crippen LogP contribution in [0.15, 0.2) is 29.2 Å². The van der Waals surface area contributed by atoms with Crippen molar-refractivity contribution >= 4 is 29.3 Å². The third-order valence-electron chi connectivity index (χ3n) is 4.29. The number of thioether (sulfide) groups is 1. The van der Waals surface area contributed by atoms with Gasteiger partial charge in [0.05, 0.1) is 24.9 Å². The second kappa shape index (κ2) is 10.5. The number of carbonyl (C=O) groups excluding carboxylic acids is 2. The van der Waals surface area contributed by atoms with E-state index in [0.717, 1.165) is 36.5 Å². The highest BCUT2D eigenvalue weighted by Gasteiger charge is 2.22. The van der Waals surface area contributed by atoms with Crippen molar-refractivity contribution in [2.75, 3.05) is 38.4 Å². The molecular weight excluding hydrogens is 352 g/mol. The summed E-state index contributed by atoms with van der Waals surface area (Å²) in [5.41, 5.74) is 0.754.